The van der Waals surface area contributed by atoms with Crippen LogP contribution in [-0.2, 0) is 6.42 Å². The zero-order valence-corrected chi connectivity index (χ0v) is 12.0. The lowest BCUT2D eigenvalue weighted by molar-refractivity contribution is 0.411. The van der Waals surface area contributed by atoms with Crippen molar-refractivity contribution in [2.45, 2.75) is 33.2 Å². The van der Waals surface area contributed by atoms with E-state index in [4.69, 9.17) is 4.74 Å². The summed E-state index contributed by atoms with van der Waals surface area (Å²) in [5, 5.41) is 6.83. The molecule has 102 valence electrons. The second-order valence-corrected chi connectivity index (χ2v) is 4.91. The second kappa shape index (κ2) is 8.11. The lowest BCUT2D eigenvalue weighted by atomic mass is 10.1. The SMILES string of the molecule is COc1ccc(CCNCCNC(C)C)cc1C. The molecule has 0 amide bonds. The molecule has 0 saturated carbocycles. The van der Waals surface area contributed by atoms with Gasteiger partial charge in [-0.1, -0.05) is 26.0 Å². The van der Waals surface area contributed by atoms with Crippen molar-refractivity contribution >= 4 is 0 Å². The average Bonchev–Trinajstić information content (AvgIpc) is 2.33. The van der Waals surface area contributed by atoms with Crippen LogP contribution in [0.3, 0.4) is 0 Å². The summed E-state index contributed by atoms with van der Waals surface area (Å²) < 4.78 is 5.26. The van der Waals surface area contributed by atoms with Crippen LogP contribution in [0.25, 0.3) is 0 Å². The topological polar surface area (TPSA) is 33.3 Å². The van der Waals surface area contributed by atoms with Crippen LogP contribution < -0.4 is 15.4 Å². The van der Waals surface area contributed by atoms with E-state index in [9.17, 15) is 0 Å². The summed E-state index contributed by atoms with van der Waals surface area (Å²) in [5.74, 6) is 0.966. The lowest BCUT2D eigenvalue weighted by Gasteiger charge is -2.10. The molecule has 0 aliphatic carbocycles. The van der Waals surface area contributed by atoms with Crippen molar-refractivity contribution in [3.05, 3.63) is 29.3 Å². The Labute approximate surface area is 111 Å². The molecule has 0 bridgehead atoms. The van der Waals surface area contributed by atoms with Gasteiger partial charge in [-0.15, -0.1) is 0 Å². The monoisotopic (exact) mass is 250 g/mol. The number of aryl methyl sites for hydroxylation is 1. The van der Waals surface area contributed by atoms with Crippen LogP contribution in [0.15, 0.2) is 18.2 Å². The van der Waals surface area contributed by atoms with Gasteiger partial charge in [0.15, 0.2) is 0 Å². The molecule has 1 aromatic rings. The molecule has 0 radical (unpaired) electrons. The molecular formula is C15H26N2O. The Hall–Kier alpha value is -1.06. The standard InChI is InChI=1S/C15H26N2O/c1-12(2)17-10-9-16-8-7-14-5-6-15(18-4)13(3)11-14/h5-6,11-12,16-17H,7-10H2,1-4H3. The van der Waals surface area contributed by atoms with E-state index in [2.05, 4.69) is 43.5 Å². The Bertz CT molecular complexity index is 350. The fraction of sp³-hybridized carbons (Fsp3) is 0.600. The molecule has 0 spiro atoms. The normalized spacial score (nSPS) is 10.9. The fourth-order valence-corrected chi connectivity index (χ4v) is 1.90. The van der Waals surface area contributed by atoms with Gasteiger partial charge in [0.25, 0.3) is 0 Å². The maximum atomic E-state index is 5.26. The summed E-state index contributed by atoms with van der Waals surface area (Å²) in [5.41, 5.74) is 2.56. The summed E-state index contributed by atoms with van der Waals surface area (Å²) in [6.45, 7) is 9.49. The third-order valence-electron chi connectivity index (χ3n) is 2.90. The Balaban J connectivity index is 2.21. The number of methoxy groups -OCH3 is 1. The van der Waals surface area contributed by atoms with Gasteiger partial charge in [-0.3, -0.25) is 0 Å². The van der Waals surface area contributed by atoms with Crippen molar-refractivity contribution in [1.82, 2.24) is 10.6 Å². The van der Waals surface area contributed by atoms with E-state index in [-0.39, 0.29) is 0 Å². The van der Waals surface area contributed by atoms with E-state index in [1.807, 2.05) is 6.07 Å². The molecule has 3 heteroatoms. The predicted octanol–water partition coefficient (Wildman–Crippen LogP) is 2.13. The highest BCUT2D eigenvalue weighted by Gasteiger charge is 1.99. The molecule has 0 unspecified atom stereocenters. The van der Waals surface area contributed by atoms with Crippen LogP contribution in [0.5, 0.6) is 5.75 Å². The van der Waals surface area contributed by atoms with Crippen molar-refractivity contribution < 1.29 is 4.74 Å². The lowest BCUT2D eigenvalue weighted by Crippen LogP contribution is -2.32. The Morgan fingerprint density at radius 3 is 2.56 bits per heavy atom. The number of hydrogen-bond acceptors (Lipinski definition) is 3. The number of ether oxygens (including phenoxy) is 1. The number of rotatable bonds is 8. The zero-order chi connectivity index (χ0) is 13.4. The smallest absolute Gasteiger partial charge is 0.121 e. The first-order valence-electron chi connectivity index (χ1n) is 6.71. The Morgan fingerprint density at radius 2 is 1.94 bits per heavy atom. The Kier molecular flexibility index (Phi) is 6.76. The van der Waals surface area contributed by atoms with Gasteiger partial charge in [0.2, 0.25) is 0 Å². The largest absolute Gasteiger partial charge is 0.496 e. The van der Waals surface area contributed by atoms with Crippen LogP contribution in [-0.4, -0.2) is 32.8 Å². The molecule has 1 aromatic carbocycles. The minimum Gasteiger partial charge on any atom is -0.496 e. The summed E-state index contributed by atoms with van der Waals surface area (Å²) in [6.07, 6.45) is 1.06. The molecule has 2 N–H and O–H groups in total. The zero-order valence-electron chi connectivity index (χ0n) is 12.0. The molecular weight excluding hydrogens is 224 g/mol. The molecule has 0 atom stereocenters. The van der Waals surface area contributed by atoms with Gasteiger partial charge >= 0.3 is 0 Å². The Morgan fingerprint density at radius 1 is 1.17 bits per heavy atom. The summed E-state index contributed by atoms with van der Waals surface area (Å²) in [4.78, 5) is 0. The van der Waals surface area contributed by atoms with Crippen molar-refractivity contribution in [2.75, 3.05) is 26.7 Å². The minimum atomic E-state index is 0.566. The van der Waals surface area contributed by atoms with Crippen LogP contribution in [0, 0.1) is 6.92 Å². The third-order valence-corrected chi connectivity index (χ3v) is 2.90. The van der Waals surface area contributed by atoms with Crippen LogP contribution >= 0.6 is 0 Å². The van der Waals surface area contributed by atoms with Crippen molar-refractivity contribution in [2.24, 2.45) is 0 Å². The molecule has 0 aliphatic heterocycles. The van der Waals surface area contributed by atoms with E-state index < -0.39 is 0 Å². The number of hydrogen-bond donors (Lipinski definition) is 2. The fourth-order valence-electron chi connectivity index (χ4n) is 1.90. The molecule has 0 aromatic heterocycles. The number of benzene rings is 1. The van der Waals surface area contributed by atoms with E-state index in [0.29, 0.717) is 6.04 Å². The molecule has 0 saturated heterocycles. The van der Waals surface area contributed by atoms with E-state index in [1.54, 1.807) is 7.11 Å². The highest BCUT2D eigenvalue weighted by molar-refractivity contribution is 5.36. The first kappa shape index (κ1) is 15.0. The predicted molar refractivity (Wildman–Crippen MR) is 77.4 cm³/mol. The molecule has 1 rings (SSSR count). The quantitative estimate of drug-likeness (QED) is 0.694. The molecule has 0 heterocycles. The van der Waals surface area contributed by atoms with Crippen molar-refractivity contribution in [3.63, 3.8) is 0 Å². The van der Waals surface area contributed by atoms with Crippen molar-refractivity contribution in [3.8, 4) is 5.75 Å². The van der Waals surface area contributed by atoms with Crippen molar-refractivity contribution in [1.29, 1.82) is 0 Å². The van der Waals surface area contributed by atoms with Gasteiger partial charge in [0, 0.05) is 19.1 Å². The summed E-state index contributed by atoms with van der Waals surface area (Å²) in [7, 11) is 1.71. The molecule has 18 heavy (non-hydrogen) atoms. The number of nitrogens with one attached hydrogen (secondary N) is 2. The summed E-state index contributed by atoms with van der Waals surface area (Å²) >= 11 is 0. The maximum absolute atomic E-state index is 5.26. The minimum absolute atomic E-state index is 0.566. The van der Waals surface area contributed by atoms with Gasteiger partial charge in [0.1, 0.15) is 5.75 Å². The highest BCUT2D eigenvalue weighted by atomic mass is 16.5. The summed E-state index contributed by atoms with van der Waals surface area (Å²) in [6, 6.07) is 6.95. The second-order valence-electron chi connectivity index (χ2n) is 4.91. The van der Waals surface area contributed by atoms with Gasteiger partial charge in [0.05, 0.1) is 7.11 Å². The molecule has 0 fully saturated rings. The van der Waals surface area contributed by atoms with E-state index >= 15 is 0 Å². The molecule has 3 nitrogen and oxygen atoms in total. The van der Waals surface area contributed by atoms with Gasteiger partial charge in [-0.25, -0.2) is 0 Å². The average molecular weight is 250 g/mol. The molecule has 0 aliphatic rings. The van der Waals surface area contributed by atoms with E-state index in [1.165, 1.54) is 11.1 Å². The maximum Gasteiger partial charge on any atom is 0.121 e. The third kappa shape index (κ3) is 5.52. The van der Waals surface area contributed by atoms with Crippen LogP contribution in [0.4, 0.5) is 0 Å². The first-order valence-corrected chi connectivity index (χ1v) is 6.71. The van der Waals surface area contributed by atoms with Gasteiger partial charge in [-0.2, -0.15) is 0 Å². The van der Waals surface area contributed by atoms with Gasteiger partial charge < -0.3 is 15.4 Å². The van der Waals surface area contributed by atoms with Crippen LogP contribution in [0.1, 0.15) is 25.0 Å². The van der Waals surface area contributed by atoms with E-state index in [0.717, 1.165) is 31.8 Å². The van der Waals surface area contributed by atoms with Gasteiger partial charge in [-0.05, 0) is 37.1 Å². The first-order chi connectivity index (χ1) is 8.63. The van der Waals surface area contributed by atoms with Crippen LogP contribution in [0.2, 0.25) is 0 Å². The highest BCUT2D eigenvalue weighted by Crippen LogP contribution is 2.18.